The van der Waals surface area contributed by atoms with Crippen molar-refractivity contribution in [2.45, 2.75) is 24.3 Å². The molecule has 170 valence electrons. The van der Waals surface area contributed by atoms with Gasteiger partial charge >= 0.3 is 5.97 Å². The molecule has 1 aromatic rings. The number of carbonyl (C=O) groups excluding carboxylic acids is 4. The molecule has 0 bridgehead atoms. The minimum atomic E-state index is -1.31. The molecule has 1 fully saturated rings. The van der Waals surface area contributed by atoms with Crippen LogP contribution < -0.4 is 5.32 Å². The van der Waals surface area contributed by atoms with Crippen LogP contribution in [0.5, 0.6) is 0 Å². The second-order valence-corrected chi connectivity index (χ2v) is 8.07. The van der Waals surface area contributed by atoms with Gasteiger partial charge in [-0.25, -0.2) is 4.79 Å². The molecule has 2 aliphatic rings. The van der Waals surface area contributed by atoms with Crippen LogP contribution in [-0.2, 0) is 24.0 Å². The maximum absolute atomic E-state index is 12.7. The number of aliphatic carboxylic acids is 1. The number of nitrogens with zero attached hydrogens (tertiary/aromatic N) is 2. The van der Waals surface area contributed by atoms with Gasteiger partial charge in [-0.05, 0) is 24.1 Å². The summed E-state index contributed by atoms with van der Waals surface area (Å²) in [7, 11) is 1.14. The van der Waals surface area contributed by atoms with Crippen molar-refractivity contribution in [2.24, 2.45) is 5.16 Å². The fraction of sp³-hybridized carbons (Fsp3) is 0.368. The van der Waals surface area contributed by atoms with Crippen LogP contribution in [0.25, 0.3) is 0 Å². The Balaban J connectivity index is 1.73. The third kappa shape index (κ3) is 4.55. The van der Waals surface area contributed by atoms with Crippen molar-refractivity contribution in [1.82, 2.24) is 10.2 Å². The van der Waals surface area contributed by atoms with Crippen LogP contribution >= 0.6 is 23.4 Å². The van der Waals surface area contributed by atoms with Crippen molar-refractivity contribution in [2.75, 3.05) is 18.7 Å². The average Bonchev–Trinajstić information content (AvgIpc) is 3.33. The van der Waals surface area contributed by atoms with Gasteiger partial charge in [-0.2, -0.15) is 0 Å². The number of halogens is 1. The minimum Gasteiger partial charge on any atom is -0.477 e. The first kappa shape index (κ1) is 23.5. The van der Waals surface area contributed by atoms with Crippen molar-refractivity contribution < 1.29 is 38.3 Å². The van der Waals surface area contributed by atoms with Crippen LogP contribution in [0.2, 0.25) is 0 Å². The molecule has 3 rings (SSSR count). The van der Waals surface area contributed by atoms with E-state index in [4.69, 9.17) is 16.0 Å². The molecule has 1 saturated heterocycles. The fourth-order valence-corrected chi connectivity index (χ4v) is 4.80. The van der Waals surface area contributed by atoms with Crippen LogP contribution in [0.4, 0.5) is 0 Å². The topological polar surface area (TPSA) is 156 Å². The van der Waals surface area contributed by atoms with E-state index in [0.29, 0.717) is 5.57 Å². The number of β-lactam (4-membered cyclic amide) rings is 1. The highest BCUT2D eigenvalue weighted by atomic mass is 35.5. The lowest BCUT2D eigenvalue weighted by Crippen LogP contribution is -2.71. The number of nitrogens with one attached hydrogen (secondary N) is 1. The summed E-state index contributed by atoms with van der Waals surface area (Å²) in [5.74, 6) is -4.09. The predicted octanol–water partition coefficient (Wildman–Crippen LogP) is 0.791. The fourth-order valence-electron chi connectivity index (χ4n) is 3.28. The van der Waals surface area contributed by atoms with Crippen molar-refractivity contribution in [3.05, 3.63) is 35.4 Å². The van der Waals surface area contributed by atoms with Crippen LogP contribution in [0, 0.1) is 0 Å². The number of carboxylic acid groups (broad SMARTS) is 1. The maximum atomic E-state index is 12.7. The highest BCUT2D eigenvalue weighted by Gasteiger charge is 2.54. The van der Waals surface area contributed by atoms with E-state index < -0.39 is 46.6 Å². The molecule has 32 heavy (non-hydrogen) atoms. The molecule has 0 spiro atoms. The predicted molar refractivity (Wildman–Crippen MR) is 112 cm³/mol. The van der Waals surface area contributed by atoms with E-state index in [1.165, 1.54) is 24.1 Å². The smallest absolute Gasteiger partial charge is 0.352 e. The van der Waals surface area contributed by atoms with Crippen molar-refractivity contribution >= 4 is 58.4 Å². The van der Waals surface area contributed by atoms with Gasteiger partial charge in [0.2, 0.25) is 11.5 Å². The first-order valence-electron chi connectivity index (χ1n) is 9.28. The molecule has 3 heterocycles. The summed E-state index contributed by atoms with van der Waals surface area (Å²) in [5, 5.41) is 14.7. The van der Waals surface area contributed by atoms with Gasteiger partial charge in [0.05, 0.1) is 12.1 Å². The Morgan fingerprint density at radius 2 is 2.16 bits per heavy atom. The van der Waals surface area contributed by atoms with Gasteiger partial charge in [-0.3, -0.25) is 24.1 Å². The van der Waals surface area contributed by atoms with Crippen LogP contribution in [-0.4, -0.2) is 75.2 Å². The van der Waals surface area contributed by atoms with E-state index in [-0.39, 0.29) is 35.8 Å². The molecule has 2 aliphatic heterocycles. The molecular weight excluding hydrogens is 466 g/mol. The lowest BCUT2D eigenvalue weighted by Gasteiger charge is -2.49. The quantitative estimate of drug-likeness (QED) is 0.123. The first-order chi connectivity index (χ1) is 15.3. The van der Waals surface area contributed by atoms with Crippen LogP contribution in [0.3, 0.4) is 0 Å². The summed E-state index contributed by atoms with van der Waals surface area (Å²) in [5.41, 5.74) is -0.379. The standard InChI is InChI=1S/C19H18ClN3O8S/c1-30-22-13(11(25)7-20)16(26)21-14-17(27)23-15(19(28)29)9(8-32-18(14)23)4-5-10(24)12-3-2-6-31-12/h2-3,6,14,18H,4-5,7-8H2,1H3,(H,21,26)(H,28,29)/b22-13-. The molecule has 2 amide bonds. The largest absolute Gasteiger partial charge is 0.477 e. The number of fused-ring (bicyclic) bond motifs is 1. The average molecular weight is 484 g/mol. The van der Waals surface area contributed by atoms with Crippen molar-refractivity contribution in [3.8, 4) is 0 Å². The number of amides is 2. The minimum absolute atomic E-state index is 0.0183. The number of hydrogen-bond donors (Lipinski definition) is 2. The number of Topliss-reactive ketones (excluding diaryl/α,β-unsaturated/α-hetero) is 2. The Hall–Kier alpha value is -3.12. The van der Waals surface area contributed by atoms with Gasteiger partial charge in [-0.1, -0.05) is 5.16 Å². The number of oxime groups is 1. The lowest BCUT2D eigenvalue weighted by atomic mass is 9.99. The Morgan fingerprint density at radius 3 is 2.75 bits per heavy atom. The number of ketones is 2. The molecule has 2 N–H and O–H groups in total. The molecular formula is C19H18ClN3O8S. The zero-order valence-corrected chi connectivity index (χ0v) is 18.3. The number of furan rings is 1. The van der Waals surface area contributed by atoms with Crippen molar-refractivity contribution in [3.63, 3.8) is 0 Å². The molecule has 0 aromatic carbocycles. The van der Waals surface area contributed by atoms with E-state index in [2.05, 4.69) is 15.3 Å². The Bertz CT molecular complexity index is 1020. The molecule has 2 unspecified atom stereocenters. The highest BCUT2D eigenvalue weighted by molar-refractivity contribution is 8.00. The van der Waals surface area contributed by atoms with E-state index in [1.807, 2.05) is 0 Å². The lowest BCUT2D eigenvalue weighted by molar-refractivity contribution is -0.150. The van der Waals surface area contributed by atoms with E-state index in [9.17, 15) is 29.1 Å². The van der Waals surface area contributed by atoms with Crippen molar-refractivity contribution in [1.29, 1.82) is 0 Å². The maximum Gasteiger partial charge on any atom is 0.352 e. The number of carbonyl (C=O) groups is 5. The summed E-state index contributed by atoms with van der Waals surface area (Å²) in [4.78, 5) is 66.4. The first-order valence-corrected chi connectivity index (χ1v) is 10.9. The Kier molecular flexibility index (Phi) is 7.36. The summed E-state index contributed by atoms with van der Waals surface area (Å²) >= 11 is 6.70. The van der Waals surface area contributed by atoms with Gasteiger partial charge in [0.15, 0.2) is 11.5 Å². The summed E-state index contributed by atoms with van der Waals surface area (Å²) < 4.78 is 5.05. The summed E-state index contributed by atoms with van der Waals surface area (Å²) in [6.45, 7) is 0. The second-order valence-electron chi connectivity index (χ2n) is 6.70. The van der Waals surface area contributed by atoms with Gasteiger partial charge in [0.1, 0.15) is 24.2 Å². The molecule has 13 heteroatoms. The number of hydrogen-bond acceptors (Lipinski definition) is 9. The molecule has 0 radical (unpaired) electrons. The third-order valence-electron chi connectivity index (χ3n) is 4.77. The van der Waals surface area contributed by atoms with Gasteiger partial charge < -0.3 is 19.7 Å². The number of rotatable bonds is 10. The molecule has 2 atom stereocenters. The van der Waals surface area contributed by atoms with E-state index in [0.717, 1.165) is 12.0 Å². The number of thioether (sulfide) groups is 1. The van der Waals surface area contributed by atoms with Gasteiger partial charge in [0.25, 0.3) is 11.8 Å². The number of alkyl halides is 1. The Labute approximate surface area is 190 Å². The highest BCUT2D eigenvalue weighted by Crippen LogP contribution is 2.41. The molecule has 1 aromatic heterocycles. The molecule has 0 saturated carbocycles. The second kappa shape index (κ2) is 10.0. The molecule has 0 aliphatic carbocycles. The van der Waals surface area contributed by atoms with Crippen LogP contribution in [0.1, 0.15) is 23.4 Å². The van der Waals surface area contributed by atoms with Gasteiger partial charge in [-0.15, -0.1) is 23.4 Å². The number of carboxylic acids is 1. The molecule has 11 nitrogen and oxygen atoms in total. The van der Waals surface area contributed by atoms with Crippen LogP contribution in [0.15, 0.2) is 39.2 Å². The summed E-state index contributed by atoms with van der Waals surface area (Å²) in [6, 6.07) is 2.04. The monoisotopic (exact) mass is 483 g/mol. The van der Waals surface area contributed by atoms with E-state index >= 15 is 0 Å². The third-order valence-corrected chi connectivity index (χ3v) is 6.35. The normalized spacial score (nSPS) is 20.4. The Morgan fingerprint density at radius 1 is 1.41 bits per heavy atom. The van der Waals surface area contributed by atoms with Gasteiger partial charge in [0, 0.05) is 12.2 Å². The summed E-state index contributed by atoms with van der Waals surface area (Å²) in [6.07, 6.45) is 1.52. The SMILES string of the molecule is CO/N=C(/C(=O)CCl)C(=O)NC1C(=O)N2C(C(=O)O)=C(CCC(=O)c3ccco3)CSC12. The zero-order chi connectivity index (χ0) is 23.4. The zero-order valence-electron chi connectivity index (χ0n) is 16.7. The van der Waals surface area contributed by atoms with E-state index in [1.54, 1.807) is 6.07 Å².